The van der Waals surface area contributed by atoms with Crippen molar-refractivity contribution in [2.75, 3.05) is 25.1 Å². The number of hydrogen-bond acceptors (Lipinski definition) is 4. The highest BCUT2D eigenvalue weighted by molar-refractivity contribution is 5.95. The molecule has 1 aliphatic carbocycles. The first-order chi connectivity index (χ1) is 9.34. The number of rotatable bonds is 3. The normalized spacial score (nSPS) is 18.3. The van der Waals surface area contributed by atoms with Crippen molar-refractivity contribution in [1.82, 2.24) is 0 Å². The molecule has 3 rings (SSSR count). The molecule has 1 saturated carbocycles. The van der Waals surface area contributed by atoms with Gasteiger partial charge in [-0.15, -0.1) is 0 Å². The van der Waals surface area contributed by atoms with E-state index in [1.807, 2.05) is 12.1 Å². The molecule has 1 fully saturated rings. The topological polar surface area (TPSA) is 47.6 Å². The molecule has 0 atom stereocenters. The first kappa shape index (κ1) is 12.3. The third-order valence-electron chi connectivity index (χ3n) is 3.82. The van der Waals surface area contributed by atoms with Crippen LogP contribution in [-0.2, 0) is 4.74 Å². The summed E-state index contributed by atoms with van der Waals surface area (Å²) in [5.74, 6) is 0.903. The number of ether oxygens (including phenoxy) is 2. The molecule has 4 nitrogen and oxygen atoms in total. The van der Waals surface area contributed by atoms with Crippen LogP contribution in [0.2, 0.25) is 0 Å². The predicted octanol–water partition coefficient (Wildman–Crippen LogP) is 2.84. The molecule has 0 bridgehead atoms. The van der Waals surface area contributed by atoms with Crippen LogP contribution in [0.1, 0.15) is 36.0 Å². The minimum absolute atomic E-state index is 0.271. The highest BCUT2D eigenvalue weighted by Crippen LogP contribution is 2.32. The van der Waals surface area contributed by atoms with Gasteiger partial charge >= 0.3 is 5.97 Å². The summed E-state index contributed by atoms with van der Waals surface area (Å²) < 4.78 is 11.0. The van der Waals surface area contributed by atoms with E-state index in [-0.39, 0.29) is 5.97 Å². The largest absolute Gasteiger partial charge is 0.489 e. The number of carbonyl (C=O) groups is 1. The van der Waals surface area contributed by atoms with Gasteiger partial charge in [0.15, 0.2) is 5.75 Å². The molecular formula is C15H19NO3. The molecule has 0 spiro atoms. The first-order valence-electron chi connectivity index (χ1n) is 7.01. The van der Waals surface area contributed by atoms with Gasteiger partial charge in [0.1, 0.15) is 12.2 Å². The lowest BCUT2D eigenvalue weighted by Crippen LogP contribution is -2.21. The van der Waals surface area contributed by atoms with Crippen molar-refractivity contribution in [3.8, 4) is 5.75 Å². The zero-order chi connectivity index (χ0) is 13.1. The van der Waals surface area contributed by atoms with E-state index in [9.17, 15) is 4.79 Å². The number of fused-ring (bicyclic) bond motifs is 1. The molecule has 0 saturated heterocycles. The van der Waals surface area contributed by atoms with E-state index >= 15 is 0 Å². The molecule has 1 aromatic rings. The quantitative estimate of drug-likeness (QED) is 0.850. The van der Waals surface area contributed by atoms with Crippen LogP contribution in [0.15, 0.2) is 18.2 Å². The van der Waals surface area contributed by atoms with E-state index in [2.05, 4.69) is 5.32 Å². The van der Waals surface area contributed by atoms with Gasteiger partial charge in [-0.2, -0.15) is 0 Å². The molecule has 0 unspecified atom stereocenters. The highest BCUT2D eigenvalue weighted by atomic mass is 16.5. The first-order valence-corrected chi connectivity index (χ1v) is 7.01. The Labute approximate surface area is 113 Å². The Morgan fingerprint density at radius 3 is 3.05 bits per heavy atom. The van der Waals surface area contributed by atoms with Crippen molar-refractivity contribution < 1.29 is 14.3 Å². The standard InChI is InChI=1S/C15H19NO3/c17-15(19-10-11-4-1-2-5-11)12-6-3-7-13-14(12)18-9-8-16-13/h3,6-7,11,16H,1-2,4-5,8-10H2. The van der Waals surface area contributed by atoms with Crippen LogP contribution in [0.4, 0.5) is 5.69 Å². The van der Waals surface area contributed by atoms with Gasteiger partial charge in [-0.05, 0) is 30.9 Å². The number of esters is 1. The summed E-state index contributed by atoms with van der Waals surface area (Å²) in [5, 5.41) is 3.22. The van der Waals surface area contributed by atoms with E-state index in [4.69, 9.17) is 9.47 Å². The molecule has 4 heteroatoms. The van der Waals surface area contributed by atoms with Gasteiger partial charge in [0.25, 0.3) is 0 Å². The van der Waals surface area contributed by atoms with Gasteiger partial charge in [-0.1, -0.05) is 18.9 Å². The third-order valence-corrected chi connectivity index (χ3v) is 3.82. The van der Waals surface area contributed by atoms with Crippen molar-refractivity contribution in [1.29, 1.82) is 0 Å². The molecule has 0 amide bonds. The highest BCUT2D eigenvalue weighted by Gasteiger charge is 2.22. The van der Waals surface area contributed by atoms with Crippen molar-refractivity contribution in [3.05, 3.63) is 23.8 Å². The number of benzene rings is 1. The molecule has 1 aliphatic heterocycles. The van der Waals surface area contributed by atoms with Crippen molar-refractivity contribution >= 4 is 11.7 Å². The number of nitrogens with one attached hydrogen (secondary N) is 1. The molecule has 2 aliphatic rings. The fraction of sp³-hybridized carbons (Fsp3) is 0.533. The van der Waals surface area contributed by atoms with E-state index < -0.39 is 0 Å². The Bertz CT molecular complexity index is 466. The lowest BCUT2D eigenvalue weighted by atomic mass is 10.1. The zero-order valence-corrected chi connectivity index (χ0v) is 11.0. The molecule has 19 heavy (non-hydrogen) atoms. The second-order valence-electron chi connectivity index (χ2n) is 5.21. The van der Waals surface area contributed by atoms with Crippen LogP contribution < -0.4 is 10.1 Å². The van der Waals surface area contributed by atoms with E-state index in [0.717, 1.165) is 12.2 Å². The number of anilines is 1. The molecular weight excluding hydrogens is 242 g/mol. The Morgan fingerprint density at radius 1 is 1.37 bits per heavy atom. The minimum atomic E-state index is -0.271. The van der Waals surface area contributed by atoms with Crippen LogP contribution in [0.25, 0.3) is 0 Å². The summed E-state index contributed by atoms with van der Waals surface area (Å²) in [6.07, 6.45) is 4.88. The number of carbonyl (C=O) groups excluding carboxylic acids is 1. The van der Waals surface area contributed by atoms with E-state index in [0.29, 0.717) is 30.4 Å². The lowest BCUT2D eigenvalue weighted by Gasteiger charge is -2.21. The summed E-state index contributed by atoms with van der Waals surface area (Å²) in [6, 6.07) is 5.54. The Balaban J connectivity index is 1.68. The van der Waals surface area contributed by atoms with Gasteiger partial charge in [-0.3, -0.25) is 0 Å². The summed E-state index contributed by atoms with van der Waals surface area (Å²) >= 11 is 0. The van der Waals surface area contributed by atoms with Gasteiger partial charge in [-0.25, -0.2) is 4.79 Å². The molecule has 102 valence electrons. The Morgan fingerprint density at radius 2 is 2.21 bits per heavy atom. The van der Waals surface area contributed by atoms with Crippen LogP contribution >= 0.6 is 0 Å². The minimum Gasteiger partial charge on any atom is -0.489 e. The maximum absolute atomic E-state index is 12.1. The Kier molecular flexibility index (Phi) is 3.58. The zero-order valence-electron chi connectivity index (χ0n) is 11.0. The smallest absolute Gasteiger partial charge is 0.342 e. The third kappa shape index (κ3) is 2.67. The summed E-state index contributed by atoms with van der Waals surface area (Å²) in [6.45, 7) is 1.89. The molecule has 1 aromatic carbocycles. The average Bonchev–Trinajstić information content (AvgIpc) is 2.97. The predicted molar refractivity (Wildman–Crippen MR) is 72.7 cm³/mol. The van der Waals surface area contributed by atoms with Gasteiger partial charge < -0.3 is 14.8 Å². The molecule has 1 heterocycles. The van der Waals surface area contributed by atoms with Gasteiger partial charge in [0, 0.05) is 6.54 Å². The number of para-hydroxylation sites is 1. The molecule has 0 radical (unpaired) electrons. The van der Waals surface area contributed by atoms with Crippen LogP contribution in [0, 0.1) is 5.92 Å². The summed E-state index contributed by atoms with van der Waals surface area (Å²) in [4.78, 5) is 12.1. The Hall–Kier alpha value is -1.71. The molecule has 1 N–H and O–H groups in total. The maximum atomic E-state index is 12.1. The fourth-order valence-electron chi connectivity index (χ4n) is 2.78. The number of hydrogen-bond donors (Lipinski definition) is 1. The van der Waals surface area contributed by atoms with Crippen LogP contribution in [0.3, 0.4) is 0 Å². The average molecular weight is 261 g/mol. The SMILES string of the molecule is O=C(OCC1CCCC1)c1cccc2c1OCCN2. The summed E-state index contributed by atoms with van der Waals surface area (Å²) in [5.41, 5.74) is 1.41. The van der Waals surface area contributed by atoms with E-state index in [1.54, 1.807) is 6.07 Å². The second kappa shape index (κ2) is 5.51. The van der Waals surface area contributed by atoms with Gasteiger partial charge in [0.05, 0.1) is 12.3 Å². The van der Waals surface area contributed by atoms with Crippen molar-refractivity contribution in [3.63, 3.8) is 0 Å². The molecule has 0 aromatic heterocycles. The fourth-order valence-corrected chi connectivity index (χ4v) is 2.78. The monoisotopic (exact) mass is 261 g/mol. The lowest BCUT2D eigenvalue weighted by molar-refractivity contribution is 0.0438. The maximum Gasteiger partial charge on any atom is 0.342 e. The van der Waals surface area contributed by atoms with Crippen molar-refractivity contribution in [2.24, 2.45) is 5.92 Å². The van der Waals surface area contributed by atoms with Crippen LogP contribution in [0.5, 0.6) is 5.75 Å². The van der Waals surface area contributed by atoms with E-state index in [1.165, 1.54) is 25.7 Å². The van der Waals surface area contributed by atoms with Gasteiger partial charge in [0.2, 0.25) is 0 Å². The van der Waals surface area contributed by atoms with Crippen LogP contribution in [-0.4, -0.2) is 25.7 Å². The summed E-state index contributed by atoms with van der Waals surface area (Å²) in [7, 11) is 0. The van der Waals surface area contributed by atoms with Crippen molar-refractivity contribution in [2.45, 2.75) is 25.7 Å². The second-order valence-corrected chi connectivity index (χ2v) is 5.21.